The van der Waals surface area contributed by atoms with Crippen molar-refractivity contribution in [1.29, 1.82) is 0 Å². The Morgan fingerprint density at radius 2 is 0.688 bits per heavy atom. The molecule has 0 atom stereocenters. The smallest absolute Gasteiger partial charge is 0.0468 e. The van der Waals surface area contributed by atoms with Gasteiger partial charge in [0.1, 0.15) is 0 Å². The van der Waals surface area contributed by atoms with E-state index in [-0.39, 0.29) is 0 Å². The summed E-state index contributed by atoms with van der Waals surface area (Å²) in [4.78, 5) is 4.76. The average Bonchev–Trinajstić information content (AvgIpc) is 3.38. The summed E-state index contributed by atoms with van der Waals surface area (Å²) in [6.45, 7) is 0. The van der Waals surface area contributed by atoms with Gasteiger partial charge in [-0.05, 0) is 158 Å². The van der Waals surface area contributed by atoms with Crippen molar-refractivity contribution in [3.63, 3.8) is 0 Å². The molecule has 0 bridgehead atoms. The van der Waals surface area contributed by atoms with Gasteiger partial charge >= 0.3 is 0 Å². The highest BCUT2D eigenvalue weighted by Crippen LogP contribution is 2.49. The fourth-order valence-electron chi connectivity index (χ4n) is 9.56. The summed E-state index contributed by atoms with van der Waals surface area (Å²) in [7, 11) is 0. The van der Waals surface area contributed by atoms with E-state index in [9.17, 15) is 0 Å². The molecule has 2 nitrogen and oxygen atoms in total. The van der Waals surface area contributed by atoms with Crippen LogP contribution in [0.5, 0.6) is 0 Å². The Hall–Kier alpha value is -8.20. The molecule has 0 N–H and O–H groups in total. The second-order valence-electron chi connectivity index (χ2n) is 16.4. The zero-order valence-electron chi connectivity index (χ0n) is 35.6. The van der Waals surface area contributed by atoms with Crippen molar-refractivity contribution >= 4 is 66.8 Å². The van der Waals surface area contributed by atoms with Crippen LogP contribution in [-0.4, -0.2) is 0 Å². The molecule has 0 aliphatic heterocycles. The third-order valence-electron chi connectivity index (χ3n) is 12.5. The number of allylic oxidation sites excluding steroid dienone is 4. The molecule has 0 radical (unpaired) electrons. The van der Waals surface area contributed by atoms with Crippen molar-refractivity contribution in [3.8, 4) is 22.3 Å². The van der Waals surface area contributed by atoms with Crippen molar-refractivity contribution < 1.29 is 0 Å². The van der Waals surface area contributed by atoms with Crippen molar-refractivity contribution in [2.45, 2.75) is 12.8 Å². The average molecular weight is 819 g/mol. The first-order valence-electron chi connectivity index (χ1n) is 22.2. The molecular formula is C62H46N2. The third kappa shape index (κ3) is 7.46. The normalized spacial score (nSPS) is 12.4. The summed E-state index contributed by atoms with van der Waals surface area (Å²) in [6.07, 6.45) is 6.76. The summed E-state index contributed by atoms with van der Waals surface area (Å²) < 4.78 is 0. The molecule has 0 unspecified atom stereocenters. The topological polar surface area (TPSA) is 6.48 Å². The lowest BCUT2D eigenvalue weighted by molar-refractivity contribution is 1.06. The second kappa shape index (κ2) is 17.3. The highest BCUT2D eigenvalue weighted by molar-refractivity contribution is 6.21. The molecule has 10 aromatic carbocycles. The first kappa shape index (κ1) is 38.7. The Labute approximate surface area is 376 Å². The molecule has 0 saturated carbocycles. The number of para-hydroxylation sites is 4. The summed E-state index contributed by atoms with van der Waals surface area (Å²) in [5, 5.41) is 4.91. The molecule has 10 aromatic rings. The molecule has 11 rings (SSSR count). The van der Waals surface area contributed by atoms with Gasteiger partial charge in [-0.25, -0.2) is 0 Å². The molecular weight excluding hydrogens is 773 g/mol. The molecule has 0 aromatic heterocycles. The minimum Gasteiger partial charge on any atom is -0.310 e. The van der Waals surface area contributed by atoms with Gasteiger partial charge in [0, 0.05) is 34.1 Å². The zero-order chi connectivity index (χ0) is 42.7. The standard InChI is InChI=1S/C62H46N2/c1-7-21-45(22-8-1)47-25-19-27-49(41-47)61-57-39-37-56(64(53-33-15-5-16-34-53)54-35-17-6-18-36-54)44-60(57)62(50-28-20-26-48(42-50)46-23-9-2-10-24-46)58-40-38-55(43-59(58)61)63(51-29-11-3-12-30-51)52-31-13-4-14-32-52/h1-19,21-27,29-44H,20,28H2. The largest absolute Gasteiger partial charge is 0.310 e. The molecule has 0 saturated heterocycles. The number of anilines is 6. The maximum atomic E-state index is 2.45. The molecule has 1 aliphatic carbocycles. The van der Waals surface area contributed by atoms with Gasteiger partial charge in [0.2, 0.25) is 0 Å². The van der Waals surface area contributed by atoms with E-state index in [1.807, 2.05) is 0 Å². The maximum Gasteiger partial charge on any atom is 0.0468 e. The Kier molecular flexibility index (Phi) is 10.5. The predicted octanol–water partition coefficient (Wildman–Crippen LogP) is 17.5. The number of nitrogens with zero attached hydrogens (tertiary/aromatic N) is 2. The molecule has 0 amide bonds. The highest BCUT2D eigenvalue weighted by Gasteiger charge is 2.24. The Bertz CT molecular complexity index is 3210. The van der Waals surface area contributed by atoms with Crippen LogP contribution in [0.1, 0.15) is 24.0 Å². The zero-order valence-corrected chi connectivity index (χ0v) is 35.6. The molecule has 0 spiro atoms. The fraction of sp³-hybridized carbons (Fsp3) is 0.0323. The molecule has 1 aliphatic rings. The number of hydrogen-bond acceptors (Lipinski definition) is 2. The Morgan fingerprint density at radius 3 is 1.19 bits per heavy atom. The van der Waals surface area contributed by atoms with Crippen molar-refractivity contribution in [1.82, 2.24) is 0 Å². The van der Waals surface area contributed by atoms with Gasteiger partial charge in [-0.2, -0.15) is 0 Å². The minimum absolute atomic E-state index is 0.941. The van der Waals surface area contributed by atoms with Crippen LogP contribution in [0.4, 0.5) is 34.1 Å². The molecule has 0 fully saturated rings. The van der Waals surface area contributed by atoms with Crippen LogP contribution in [-0.2, 0) is 0 Å². The third-order valence-corrected chi connectivity index (χ3v) is 12.5. The van der Waals surface area contributed by atoms with Crippen molar-refractivity contribution in [2.75, 3.05) is 9.80 Å². The molecule has 0 heterocycles. The van der Waals surface area contributed by atoms with Crippen LogP contribution < -0.4 is 9.80 Å². The lowest BCUT2D eigenvalue weighted by Gasteiger charge is -2.28. The number of benzene rings is 10. The number of rotatable bonds is 10. The SMILES string of the molecule is C1=C(c2ccccc2)C=C(c2c3cc(N(c4ccccc4)c4ccccc4)ccc3c(-c3cccc(-c4ccccc4)c3)c3cc(N(c4ccccc4)c4ccccc4)ccc23)CC1. The molecule has 304 valence electrons. The van der Waals surface area contributed by atoms with Crippen LogP contribution in [0.2, 0.25) is 0 Å². The van der Waals surface area contributed by atoms with Crippen LogP contribution in [0.3, 0.4) is 0 Å². The highest BCUT2D eigenvalue weighted by atomic mass is 15.1. The lowest BCUT2D eigenvalue weighted by atomic mass is 9.82. The van der Waals surface area contributed by atoms with E-state index in [1.165, 1.54) is 66.1 Å². The van der Waals surface area contributed by atoms with Gasteiger partial charge in [-0.1, -0.05) is 176 Å². The number of fused-ring (bicyclic) bond motifs is 2. The van der Waals surface area contributed by atoms with Crippen LogP contribution in [0.25, 0.3) is 54.9 Å². The van der Waals surface area contributed by atoms with Gasteiger partial charge in [0.25, 0.3) is 0 Å². The predicted molar refractivity (Wildman–Crippen MR) is 273 cm³/mol. The van der Waals surface area contributed by atoms with Gasteiger partial charge in [-0.3, -0.25) is 0 Å². The quantitative estimate of drug-likeness (QED) is 0.127. The molecule has 2 heteroatoms. The minimum atomic E-state index is 0.941. The Balaban J connectivity index is 1.24. The first-order chi connectivity index (χ1) is 31.8. The maximum absolute atomic E-state index is 2.45. The van der Waals surface area contributed by atoms with Gasteiger partial charge < -0.3 is 9.80 Å². The van der Waals surface area contributed by atoms with Gasteiger partial charge in [0.05, 0.1) is 0 Å². The van der Waals surface area contributed by atoms with Gasteiger partial charge in [0.15, 0.2) is 0 Å². The van der Waals surface area contributed by atoms with E-state index < -0.39 is 0 Å². The van der Waals surface area contributed by atoms with Crippen LogP contribution >= 0.6 is 0 Å². The van der Waals surface area contributed by atoms with Crippen LogP contribution in [0, 0.1) is 0 Å². The van der Waals surface area contributed by atoms with E-state index in [0.29, 0.717) is 0 Å². The van der Waals surface area contributed by atoms with E-state index in [0.717, 1.165) is 47.0 Å². The van der Waals surface area contributed by atoms with E-state index >= 15 is 0 Å². The van der Waals surface area contributed by atoms with Crippen LogP contribution in [0.15, 0.2) is 255 Å². The lowest BCUT2D eigenvalue weighted by Crippen LogP contribution is -2.10. The van der Waals surface area contributed by atoms with Crippen molar-refractivity contribution in [2.24, 2.45) is 0 Å². The second-order valence-corrected chi connectivity index (χ2v) is 16.4. The van der Waals surface area contributed by atoms with E-state index in [2.05, 4.69) is 265 Å². The van der Waals surface area contributed by atoms with E-state index in [4.69, 9.17) is 0 Å². The summed E-state index contributed by atoms with van der Waals surface area (Å²) in [5.41, 5.74) is 16.6. The molecule has 64 heavy (non-hydrogen) atoms. The Morgan fingerprint density at radius 1 is 0.281 bits per heavy atom. The summed E-state index contributed by atoms with van der Waals surface area (Å²) in [5.74, 6) is 0. The monoisotopic (exact) mass is 818 g/mol. The fourth-order valence-corrected chi connectivity index (χ4v) is 9.56. The van der Waals surface area contributed by atoms with E-state index in [1.54, 1.807) is 0 Å². The number of hydrogen-bond donors (Lipinski definition) is 0. The summed E-state index contributed by atoms with van der Waals surface area (Å²) >= 11 is 0. The van der Waals surface area contributed by atoms with Gasteiger partial charge in [-0.15, -0.1) is 0 Å². The summed E-state index contributed by atoms with van der Waals surface area (Å²) in [6, 6.07) is 87.9. The van der Waals surface area contributed by atoms with Crippen molar-refractivity contribution in [3.05, 3.63) is 266 Å². The first-order valence-corrected chi connectivity index (χ1v) is 22.2.